The SMILES string of the molecule is CC(C)c1nc2cc(Cl)c(Cl)cc2nc1SCCC(=O)O. The number of carboxylic acids is 1. The Hall–Kier alpha value is -1.04. The van der Waals surface area contributed by atoms with Crippen molar-refractivity contribution in [3.05, 3.63) is 27.9 Å². The standard InChI is InChI=1S/C14H14Cl2N2O2S/c1-7(2)13-14(21-4-3-12(19)20)18-11-6-9(16)8(15)5-10(11)17-13/h5-7H,3-4H2,1-2H3,(H,19,20). The summed E-state index contributed by atoms with van der Waals surface area (Å²) in [4.78, 5) is 19.8. The fourth-order valence-corrected chi connectivity index (χ4v) is 3.14. The highest BCUT2D eigenvalue weighted by atomic mass is 35.5. The summed E-state index contributed by atoms with van der Waals surface area (Å²) in [7, 11) is 0. The lowest BCUT2D eigenvalue weighted by atomic mass is 10.1. The van der Waals surface area contributed by atoms with Crippen LogP contribution in [0.1, 0.15) is 31.9 Å². The summed E-state index contributed by atoms with van der Waals surface area (Å²) in [6, 6.07) is 3.38. The number of halogens is 2. The molecule has 1 aromatic heterocycles. The van der Waals surface area contributed by atoms with Crippen molar-refractivity contribution in [2.45, 2.75) is 31.2 Å². The Morgan fingerprint density at radius 2 is 1.81 bits per heavy atom. The van der Waals surface area contributed by atoms with Gasteiger partial charge >= 0.3 is 5.97 Å². The van der Waals surface area contributed by atoms with Gasteiger partial charge in [-0.1, -0.05) is 37.0 Å². The molecule has 1 aromatic carbocycles. The van der Waals surface area contributed by atoms with E-state index in [1.165, 1.54) is 11.8 Å². The van der Waals surface area contributed by atoms with Crippen LogP contribution >= 0.6 is 35.0 Å². The van der Waals surface area contributed by atoms with Gasteiger partial charge in [0.1, 0.15) is 5.03 Å². The van der Waals surface area contributed by atoms with Crippen LogP contribution < -0.4 is 0 Å². The Morgan fingerprint density at radius 3 is 2.33 bits per heavy atom. The minimum absolute atomic E-state index is 0.0866. The summed E-state index contributed by atoms with van der Waals surface area (Å²) in [5.74, 6) is -0.183. The van der Waals surface area contributed by atoms with Gasteiger partial charge in [0.25, 0.3) is 0 Å². The van der Waals surface area contributed by atoms with E-state index in [2.05, 4.69) is 9.97 Å². The van der Waals surface area contributed by atoms with Gasteiger partial charge in [-0.05, 0) is 18.1 Å². The highest BCUT2D eigenvalue weighted by Crippen LogP contribution is 2.31. The third kappa shape index (κ3) is 3.99. The van der Waals surface area contributed by atoms with Gasteiger partial charge in [0, 0.05) is 5.75 Å². The second-order valence-corrected chi connectivity index (χ2v) is 6.71. The predicted molar refractivity (Wildman–Crippen MR) is 86.6 cm³/mol. The monoisotopic (exact) mass is 344 g/mol. The van der Waals surface area contributed by atoms with E-state index >= 15 is 0 Å². The maximum Gasteiger partial charge on any atom is 0.304 e. The normalized spacial score (nSPS) is 11.3. The first-order chi connectivity index (χ1) is 9.88. The zero-order valence-corrected chi connectivity index (χ0v) is 13.9. The number of aromatic nitrogens is 2. The number of rotatable bonds is 5. The molecule has 0 amide bonds. The minimum atomic E-state index is -0.822. The van der Waals surface area contributed by atoms with E-state index in [0.717, 1.165) is 10.7 Å². The average molecular weight is 345 g/mol. The van der Waals surface area contributed by atoms with Crippen molar-refractivity contribution >= 4 is 52.0 Å². The molecule has 112 valence electrons. The smallest absolute Gasteiger partial charge is 0.304 e. The first kappa shape index (κ1) is 16.3. The molecule has 0 aliphatic heterocycles. The summed E-state index contributed by atoms with van der Waals surface area (Å²) >= 11 is 13.4. The third-order valence-corrected chi connectivity index (χ3v) is 4.51. The predicted octanol–water partition coefficient (Wildman–Crippen LogP) is 4.63. The van der Waals surface area contributed by atoms with Crippen LogP contribution in [0.25, 0.3) is 11.0 Å². The molecule has 21 heavy (non-hydrogen) atoms. The zero-order chi connectivity index (χ0) is 15.6. The van der Waals surface area contributed by atoms with Crippen molar-refractivity contribution in [3.8, 4) is 0 Å². The Balaban J connectivity index is 2.43. The summed E-state index contributed by atoms with van der Waals surface area (Å²) in [5, 5.41) is 10.3. The number of hydrogen-bond acceptors (Lipinski definition) is 4. The maximum atomic E-state index is 10.6. The van der Waals surface area contributed by atoms with Crippen molar-refractivity contribution in [3.63, 3.8) is 0 Å². The third-order valence-electron chi connectivity index (χ3n) is 2.80. The molecule has 0 saturated carbocycles. The number of thioether (sulfide) groups is 1. The molecule has 0 fully saturated rings. The number of carbonyl (C=O) groups is 1. The number of fused-ring (bicyclic) bond motifs is 1. The maximum absolute atomic E-state index is 10.6. The van der Waals surface area contributed by atoms with Crippen LogP contribution in [-0.4, -0.2) is 26.8 Å². The van der Waals surface area contributed by atoms with E-state index in [-0.39, 0.29) is 12.3 Å². The summed E-state index contributed by atoms with van der Waals surface area (Å²) in [6.07, 6.45) is 0.0866. The van der Waals surface area contributed by atoms with Crippen LogP contribution in [0.3, 0.4) is 0 Å². The summed E-state index contributed by atoms with van der Waals surface area (Å²) < 4.78 is 0. The molecular formula is C14H14Cl2N2O2S. The minimum Gasteiger partial charge on any atom is -0.481 e. The summed E-state index contributed by atoms with van der Waals surface area (Å²) in [6.45, 7) is 4.04. The van der Waals surface area contributed by atoms with Crippen molar-refractivity contribution in [2.24, 2.45) is 0 Å². The van der Waals surface area contributed by atoms with Gasteiger partial charge in [-0.25, -0.2) is 9.97 Å². The fraction of sp³-hybridized carbons (Fsp3) is 0.357. The Labute approximate surface area is 136 Å². The number of carboxylic acid groups (broad SMARTS) is 1. The zero-order valence-electron chi connectivity index (χ0n) is 11.6. The van der Waals surface area contributed by atoms with E-state index in [1.807, 2.05) is 13.8 Å². The van der Waals surface area contributed by atoms with Crippen molar-refractivity contribution in [1.82, 2.24) is 9.97 Å². The molecule has 1 N–H and O–H groups in total. The molecule has 0 spiro atoms. The molecule has 2 aromatic rings. The first-order valence-electron chi connectivity index (χ1n) is 6.39. The highest BCUT2D eigenvalue weighted by Gasteiger charge is 2.14. The number of hydrogen-bond donors (Lipinski definition) is 1. The van der Waals surface area contributed by atoms with Crippen LogP contribution in [0.5, 0.6) is 0 Å². The van der Waals surface area contributed by atoms with Crippen molar-refractivity contribution in [1.29, 1.82) is 0 Å². The molecule has 2 rings (SSSR count). The van der Waals surface area contributed by atoms with E-state index in [9.17, 15) is 4.79 Å². The molecule has 0 bridgehead atoms. The van der Waals surface area contributed by atoms with Crippen LogP contribution in [0.15, 0.2) is 17.2 Å². The Bertz CT molecular complexity index is 692. The number of benzene rings is 1. The lowest BCUT2D eigenvalue weighted by Crippen LogP contribution is -2.02. The lowest BCUT2D eigenvalue weighted by Gasteiger charge is -2.12. The van der Waals surface area contributed by atoms with E-state index < -0.39 is 5.97 Å². The molecule has 0 saturated heterocycles. The van der Waals surface area contributed by atoms with Gasteiger partial charge in [-0.2, -0.15) is 0 Å². The van der Waals surface area contributed by atoms with Gasteiger partial charge in [0.15, 0.2) is 0 Å². The quantitative estimate of drug-likeness (QED) is 0.801. The van der Waals surface area contributed by atoms with E-state index in [4.69, 9.17) is 28.3 Å². The van der Waals surface area contributed by atoms with Gasteiger partial charge in [0.2, 0.25) is 0 Å². The van der Waals surface area contributed by atoms with E-state index in [1.54, 1.807) is 12.1 Å². The molecule has 0 aliphatic carbocycles. The lowest BCUT2D eigenvalue weighted by molar-refractivity contribution is -0.136. The number of aliphatic carboxylic acids is 1. The Morgan fingerprint density at radius 1 is 1.24 bits per heavy atom. The molecule has 1 heterocycles. The largest absolute Gasteiger partial charge is 0.481 e. The molecule has 0 unspecified atom stereocenters. The molecule has 0 atom stereocenters. The van der Waals surface area contributed by atoms with Gasteiger partial charge in [-0.15, -0.1) is 11.8 Å². The van der Waals surface area contributed by atoms with Crippen LogP contribution in [-0.2, 0) is 4.79 Å². The molecule has 0 radical (unpaired) electrons. The second-order valence-electron chi connectivity index (χ2n) is 4.82. The first-order valence-corrected chi connectivity index (χ1v) is 8.14. The van der Waals surface area contributed by atoms with Crippen LogP contribution in [0.4, 0.5) is 0 Å². The molecule has 7 heteroatoms. The topological polar surface area (TPSA) is 63.1 Å². The molecule has 4 nitrogen and oxygen atoms in total. The van der Waals surface area contributed by atoms with Crippen LogP contribution in [0.2, 0.25) is 10.0 Å². The summed E-state index contributed by atoms with van der Waals surface area (Å²) in [5.41, 5.74) is 2.19. The van der Waals surface area contributed by atoms with Gasteiger partial charge < -0.3 is 5.11 Å². The van der Waals surface area contributed by atoms with Gasteiger partial charge in [0.05, 0.1) is 33.2 Å². The van der Waals surface area contributed by atoms with Crippen molar-refractivity contribution < 1.29 is 9.90 Å². The van der Waals surface area contributed by atoms with E-state index in [0.29, 0.717) is 26.8 Å². The van der Waals surface area contributed by atoms with Crippen molar-refractivity contribution in [2.75, 3.05) is 5.75 Å². The second kappa shape index (κ2) is 6.81. The Kier molecular flexibility index (Phi) is 5.30. The van der Waals surface area contributed by atoms with Gasteiger partial charge in [-0.3, -0.25) is 4.79 Å². The number of nitrogens with zero attached hydrogens (tertiary/aromatic N) is 2. The van der Waals surface area contributed by atoms with Crippen LogP contribution in [0, 0.1) is 0 Å². The fourth-order valence-electron chi connectivity index (χ4n) is 1.77. The molecular weight excluding hydrogens is 331 g/mol. The molecule has 0 aliphatic rings. The average Bonchev–Trinajstić information content (AvgIpc) is 2.39. The highest BCUT2D eigenvalue weighted by molar-refractivity contribution is 7.99.